The number of nitrogens with zero attached hydrogens (tertiary/aromatic N) is 6. The van der Waals surface area contributed by atoms with Gasteiger partial charge in [-0.3, -0.25) is 19.1 Å². The van der Waals surface area contributed by atoms with Crippen LogP contribution >= 0.6 is 0 Å². The molecule has 0 fully saturated rings. The van der Waals surface area contributed by atoms with Crippen LogP contribution in [-0.4, -0.2) is 85.8 Å². The SMILES string of the molecule is C[Si](C)CC#Cc1ccc2c(c1)C(c1ccccc1)=NCc1c(C(=O)OCCOCCOC(=O)c3ncn4c3CN=C(c3ccccc3)c3cc(C#C[Si](C)(C)C)ccc3-4)ncn1-2. The van der Waals surface area contributed by atoms with Gasteiger partial charge in [0, 0.05) is 39.4 Å². The van der Waals surface area contributed by atoms with Crippen molar-refractivity contribution in [3.05, 3.63) is 166 Å². The average molecular weight is 868 g/mol. The lowest BCUT2D eigenvalue weighted by Crippen LogP contribution is -2.16. The van der Waals surface area contributed by atoms with Crippen LogP contribution in [0.4, 0.5) is 0 Å². The number of esters is 2. The lowest BCUT2D eigenvalue weighted by molar-refractivity contribution is 0.0145. The van der Waals surface area contributed by atoms with Crippen LogP contribution in [0.15, 0.2) is 120 Å². The third-order valence-electron chi connectivity index (χ3n) is 10.2. The highest BCUT2D eigenvalue weighted by Gasteiger charge is 2.27. The second-order valence-electron chi connectivity index (χ2n) is 16.4. The van der Waals surface area contributed by atoms with Crippen LogP contribution in [0, 0.1) is 23.3 Å². The summed E-state index contributed by atoms with van der Waals surface area (Å²) in [7, 11) is -2.05. The Bertz CT molecular complexity index is 2870. The van der Waals surface area contributed by atoms with Crippen molar-refractivity contribution in [2.45, 2.75) is 51.9 Å². The summed E-state index contributed by atoms with van der Waals surface area (Å²) in [5.41, 5.74) is 14.0. The normalized spacial score (nSPS) is 12.7. The second-order valence-corrected chi connectivity index (χ2v) is 23.9. The molecule has 1 radical (unpaired) electrons. The van der Waals surface area contributed by atoms with Gasteiger partial charge in [0.15, 0.2) is 11.4 Å². The van der Waals surface area contributed by atoms with E-state index in [0.717, 1.165) is 62.2 Å². The van der Waals surface area contributed by atoms with E-state index in [1.807, 2.05) is 94.1 Å². The molecule has 0 saturated heterocycles. The highest BCUT2D eigenvalue weighted by Crippen LogP contribution is 2.30. The van der Waals surface area contributed by atoms with Crippen LogP contribution in [0.3, 0.4) is 0 Å². The minimum Gasteiger partial charge on any atom is -0.458 e. The number of rotatable bonds is 11. The number of ether oxygens (including phenoxy) is 3. The van der Waals surface area contributed by atoms with Crippen molar-refractivity contribution in [3.8, 4) is 34.7 Å². The summed E-state index contributed by atoms with van der Waals surface area (Å²) in [4.78, 5) is 45.7. The number of hydrogen-bond donors (Lipinski definition) is 0. The van der Waals surface area contributed by atoms with Crippen LogP contribution in [0.1, 0.15) is 65.7 Å². The first kappa shape index (κ1) is 42.8. The minimum atomic E-state index is -1.60. The Kier molecular flexibility index (Phi) is 12.9. The molecule has 13 heteroatoms. The molecule has 4 aromatic carbocycles. The fraction of sp³-hybridized carbons (Fsp3) is 0.240. The first-order valence-corrected chi connectivity index (χ1v) is 27.1. The van der Waals surface area contributed by atoms with Crippen LogP contribution < -0.4 is 0 Å². The zero-order valence-electron chi connectivity index (χ0n) is 36.1. The maximum atomic E-state index is 13.4. The molecule has 0 N–H and O–H groups in total. The van der Waals surface area contributed by atoms with E-state index in [-0.39, 0.29) is 50.9 Å². The lowest BCUT2D eigenvalue weighted by atomic mass is 9.98. The molecule has 2 aromatic heterocycles. The largest absolute Gasteiger partial charge is 0.458 e. The predicted octanol–water partition coefficient (Wildman–Crippen LogP) is 8.13. The Morgan fingerprint density at radius 3 is 1.59 bits per heavy atom. The molecule has 6 aromatic rings. The average Bonchev–Trinajstić information content (AvgIpc) is 3.82. The first-order chi connectivity index (χ1) is 30.5. The molecule has 4 heterocycles. The van der Waals surface area contributed by atoms with Crippen molar-refractivity contribution >= 4 is 40.2 Å². The van der Waals surface area contributed by atoms with E-state index in [4.69, 9.17) is 24.2 Å². The van der Waals surface area contributed by atoms with E-state index >= 15 is 0 Å². The first-order valence-electron chi connectivity index (χ1n) is 20.9. The summed E-state index contributed by atoms with van der Waals surface area (Å²) in [6, 6.07) is 33.0. The smallest absolute Gasteiger partial charge is 0.358 e. The van der Waals surface area contributed by atoms with Gasteiger partial charge in [0.1, 0.15) is 33.9 Å². The number of fused-ring (bicyclic) bond motifs is 6. The van der Waals surface area contributed by atoms with Crippen molar-refractivity contribution in [3.63, 3.8) is 0 Å². The number of aliphatic imine (C=N–C) groups is 2. The molecule has 0 aliphatic carbocycles. The fourth-order valence-electron chi connectivity index (χ4n) is 7.20. The van der Waals surface area contributed by atoms with Crippen LogP contribution in [0.25, 0.3) is 11.4 Å². The van der Waals surface area contributed by atoms with Gasteiger partial charge in [-0.15, -0.1) is 11.5 Å². The van der Waals surface area contributed by atoms with Gasteiger partial charge < -0.3 is 14.2 Å². The minimum absolute atomic E-state index is 0.0180. The van der Waals surface area contributed by atoms with Gasteiger partial charge in [0.25, 0.3) is 0 Å². The van der Waals surface area contributed by atoms with E-state index in [2.05, 4.69) is 78.1 Å². The van der Waals surface area contributed by atoms with E-state index in [1.165, 1.54) is 0 Å². The van der Waals surface area contributed by atoms with Crippen LogP contribution in [-0.2, 0) is 27.3 Å². The molecule has 11 nitrogen and oxygen atoms in total. The van der Waals surface area contributed by atoms with Gasteiger partial charge in [-0.25, -0.2) is 19.6 Å². The van der Waals surface area contributed by atoms with Gasteiger partial charge in [0.2, 0.25) is 0 Å². The van der Waals surface area contributed by atoms with Crippen molar-refractivity contribution in [2.75, 3.05) is 26.4 Å². The molecule has 0 unspecified atom stereocenters. The second kappa shape index (κ2) is 19.0. The van der Waals surface area contributed by atoms with Gasteiger partial charge in [-0.1, -0.05) is 105 Å². The van der Waals surface area contributed by atoms with Crippen LogP contribution in [0.5, 0.6) is 0 Å². The monoisotopic (exact) mass is 867 g/mol. The predicted molar refractivity (Wildman–Crippen MR) is 249 cm³/mol. The molecule has 2 aliphatic rings. The maximum absolute atomic E-state index is 13.4. The Balaban J connectivity index is 0.888. The van der Waals surface area contributed by atoms with E-state index in [1.54, 1.807) is 12.7 Å². The standard InChI is InChI=1S/C50H47N6O5Si2/c1-62(2)27-12-13-35-18-20-41-39(29-35)45(37-14-8-6-9-15-37)51-31-43-47(53-33-55(41)43)49(57)60-25-23-59-24-26-61-50(58)48-44-32-52-46(38-16-10-7-11-17-38)40-30-36(22-28-63(3,4)5)19-21-42(40)56(44)34-54-48/h6-11,14-21,29-30,33-34H,23-27,31-32H2,1-5H3. The molecule has 0 saturated carbocycles. The third kappa shape index (κ3) is 9.92. The zero-order valence-corrected chi connectivity index (χ0v) is 38.1. The van der Waals surface area contributed by atoms with Gasteiger partial charge in [0.05, 0.1) is 69.3 Å². The molecule has 315 valence electrons. The molecule has 63 heavy (non-hydrogen) atoms. The number of benzene rings is 4. The number of carbonyl (C=O) groups excluding carboxylic acids is 2. The molecule has 0 spiro atoms. The summed E-state index contributed by atoms with van der Waals surface area (Å²) < 4.78 is 20.7. The van der Waals surface area contributed by atoms with Crippen molar-refractivity contribution < 1.29 is 23.8 Å². The quantitative estimate of drug-likeness (QED) is 0.0558. The summed E-state index contributed by atoms with van der Waals surface area (Å²) in [5, 5.41) is 0. The summed E-state index contributed by atoms with van der Waals surface area (Å²) >= 11 is 0. The molecule has 0 bridgehead atoms. The summed E-state index contributed by atoms with van der Waals surface area (Å²) in [6.45, 7) is 11.8. The Morgan fingerprint density at radius 2 is 1.13 bits per heavy atom. The molecule has 0 atom stereocenters. The number of imidazole rings is 2. The van der Waals surface area contributed by atoms with E-state index in [9.17, 15) is 9.59 Å². The third-order valence-corrected chi connectivity index (χ3v) is 11.9. The Hall–Kier alpha value is -6.91. The topological polar surface area (TPSA) is 122 Å². The lowest BCUT2D eigenvalue weighted by Gasteiger charge is -2.13. The molecular formula is C50H47N6O5Si2. The zero-order chi connectivity index (χ0) is 43.9. The maximum Gasteiger partial charge on any atom is 0.358 e. The van der Waals surface area contributed by atoms with Gasteiger partial charge >= 0.3 is 11.9 Å². The Morgan fingerprint density at radius 1 is 0.651 bits per heavy atom. The number of aromatic nitrogens is 4. The fourth-order valence-corrected chi connectivity index (χ4v) is 8.17. The number of carbonyl (C=O) groups is 2. The van der Waals surface area contributed by atoms with Gasteiger partial charge in [-0.2, -0.15) is 0 Å². The van der Waals surface area contributed by atoms with E-state index in [0.29, 0.717) is 11.4 Å². The molecule has 8 rings (SSSR count). The van der Waals surface area contributed by atoms with Gasteiger partial charge in [-0.05, 0) is 36.4 Å². The van der Waals surface area contributed by atoms with E-state index < -0.39 is 28.8 Å². The summed E-state index contributed by atoms with van der Waals surface area (Å²) in [6.07, 6.45) is 3.28. The number of hydrogen-bond acceptors (Lipinski definition) is 9. The molecular weight excluding hydrogens is 821 g/mol. The highest BCUT2D eigenvalue weighted by atomic mass is 28.3. The molecule has 2 aliphatic heterocycles. The van der Waals surface area contributed by atoms with Crippen LogP contribution in [0.2, 0.25) is 38.8 Å². The van der Waals surface area contributed by atoms with Crippen molar-refractivity contribution in [2.24, 2.45) is 9.98 Å². The highest BCUT2D eigenvalue weighted by molar-refractivity contribution is 6.83. The molecule has 0 amide bonds. The van der Waals surface area contributed by atoms with Crippen molar-refractivity contribution in [1.82, 2.24) is 19.1 Å². The van der Waals surface area contributed by atoms with Crippen molar-refractivity contribution in [1.29, 1.82) is 0 Å². The summed E-state index contributed by atoms with van der Waals surface area (Å²) in [5.74, 6) is 8.86. The Labute approximate surface area is 370 Å².